The Balaban J connectivity index is 2.39. The van der Waals surface area contributed by atoms with E-state index in [1.54, 1.807) is 17.4 Å². The second-order valence-electron chi connectivity index (χ2n) is 3.38. The molecule has 0 spiro atoms. The summed E-state index contributed by atoms with van der Waals surface area (Å²) in [7, 11) is 0. The summed E-state index contributed by atoms with van der Waals surface area (Å²) in [6.45, 7) is 2.26. The number of rotatable bonds is 4. The van der Waals surface area contributed by atoms with E-state index in [4.69, 9.17) is 10.5 Å². The molecular weight excluding hydrogens is 222 g/mol. The molecule has 1 unspecified atom stereocenters. The van der Waals surface area contributed by atoms with Gasteiger partial charge < -0.3 is 4.74 Å². The summed E-state index contributed by atoms with van der Waals surface area (Å²) in [6, 6.07) is 7.62. The molecule has 2 N–H and O–H groups in total. The zero-order valence-electron chi connectivity index (χ0n) is 8.97. The molecule has 1 aromatic carbocycles. The summed E-state index contributed by atoms with van der Waals surface area (Å²) in [6.07, 6.45) is -0.863. The summed E-state index contributed by atoms with van der Waals surface area (Å²) in [5.74, 6) is -0.157. The van der Waals surface area contributed by atoms with Crippen LogP contribution in [-0.4, -0.2) is 18.6 Å². The molecule has 0 aliphatic heterocycles. The maximum atomic E-state index is 12.0. The lowest BCUT2D eigenvalue weighted by molar-refractivity contribution is 0.0481. The molecule has 0 saturated carbocycles. The molecule has 4 heteroatoms. The van der Waals surface area contributed by atoms with Gasteiger partial charge in [0.25, 0.3) is 0 Å². The number of hydrogen-bond donors (Lipinski definition) is 1. The number of fused-ring (bicyclic) bond motifs is 1. The molecule has 1 aromatic heterocycles. The molecular formula is C12H13NO2S. The Morgan fingerprint density at radius 1 is 1.50 bits per heavy atom. The first-order valence-corrected chi connectivity index (χ1v) is 5.99. The summed E-state index contributed by atoms with van der Waals surface area (Å²) in [5.41, 5.74) is 6.30. The smallest absolute Gasteiger partial charge is 0.207 e. The SMILES string of the molecule is CCOC(N)C(=O)c1cccc2ccsc12. The van der Waals surface area contributed by atoms with Crippen LogP contribution in [0.15, 0.2) is 29.6 Å². The Labute approximate surface area is 97.8 Å². The van der Waals surface area contributed by atoms with Crippen LogP contribution in [0.1, 0.15) is 17.3 Å². The van der Waals surface area contributed by atoms with Gasteiger partial charge in [-0.2, -0.15) is 0 Å². The van der Waals surface area contributed by atoms with Gasteiger partial charge in [0.15, 0.2) is 6.23 Å². The first kappa shape index (κ1) is 11.3. The van der Waals surface area contributed by atoms with Crippen molar-refractivity contribution in [2.75, 3.05) is 6.61 Å². The molecule has 1 heterocycles. The molecule has 0 aliphatic carbocycles. The van der Waals surface area contributed by atoms with E-state index in [0.29, 0.717) is 12.2 Å². The molecule has 3 nitrogen and oxygen atoms in total. The second kappa shape index (κ2) is 4.74. The summed E-state index contributed by atoms with van der Waals surface area (Å²) in [4.78, 5) is 12.0. The van der Waals surface area contributed by atoms with Crippen molar-refractivity contribution >= 4 is 27.2 Å². The van der Waals surface area contributed by atoms with Gasteiger partial charge in [-0.15, -0.1) is 11.3 Å². The molecule has 2 aromatic rings. The molecule has 0 fully saturated rings. The van der Waals surface area contributed by atoms with Gasteiger partial charge in [0.1, 0.15) is 0 Å². The van der Waals surface area contributed by atoms with Gasteiger partial charge in [-0.05, 0) is 29.8 Å². The highest BCUT2D eigenvalue weighted by molar-refractivity contribution is 7.17. The maximum Gasteiger partial charge on any atom is 0.207 e. The number of thiophene rings is 1. The van der Waals surface area contributed by atoms with Crippen LogP contribution >= 0.6 is 11.3 Å². The number of hydrogen-bond acceptors (Lipinski definition) is 4. The van der Waals surface area contributed by atoms with Gasteiger partial charge >= 0.3 is 0 Å². The predicted molar refractivity (Wildman–Crippen MR) is 65.8 cm³/mol. The van der Waals surface area contributed by atoms with E-state index in [9.17, 15) is 4.79 Å². The minimum Gasteiger partial charge on any atom is -0.356 e. The minimum absolute atomic E-state index is 0.157. The van der Waals surface area contributed by atoms with E-state index in [0.717, 1.165) is 10.1 Å². The quantitative estimate of drug-likeness (QED) is 0.654. The van der Waals surface area contributed by atoms with E-state index in [-0.39, 0.29) is 5.78 Å². The van der Waals surface area contributed by atoms with Gasteiger partial charge in [0.05, 0.1) is 0 Å². The topological polar surface area (TPSA) is 52.3 Å². The summed E-state index contributed by atoms with van der Waals surface area (Å²) >= 11 is 1.55. The van der Waals surface area contributed by atoms with Crippen molar-refractivity contribution in [2.24, 2.45) is 5.73 Å². The van der Waals surface area contributed by atoms with E-state index < -0.39 is 6.23 Å². The maximum absolute atomic E-state index is 12.0. The number of carbonyl (C=O) groups excluding carboxylic acids is 1. The zero-order chi connectivity index (χ0) is 11.5. The van der Waals surface area contributed by atoms with Gasteiger partial charge in [-0.25, -0.2) is 0 Å². The first-order chi connectivity index (χ1) is 7.74. The van der Waals surface area contributed by atoms with Crippen molar-refractivity contribution in [1.82, 2.24) is 0 Å². The van der Waals surface area contributed by atoms with Crippen molar-refractivity contribution in [3.8, 4) is 0 Å². The third-order valence-corrected chi connectivity index (χ3v) is 3.31. The number of benzene rings is 1. The molecule has 0 amide bonds. The largest absolute Gasteiger partial charge is 0.356 e. The monoisotopic (exact) mass is 235 g/mol. The normalized spacial score (nSPS) is 12.9. The molecule has 0 aliphatic rings. The average Bonchev–Trinajstić information content (AvgIpc) is 2.76. The van der Waals surface area contributed by atoms with Gasteiger partial charge in [-0.1, -0.05) is 12.1 Å². The Bertz CT molecular complexity index is 506. The van der Waals surface area contributed by atoms with Crippen LogP contribution in [0.25, 0.3) is 10.1 Å². The Hall–Kier alpha value is -1.23. The van der Waals surface area contributed by atoms with Gasteiger partial charge in [0, 0.05) is 16.9 Å². The number of carbonyl (C=O) groups is 1. The highest BCUT2D eigenvalue weighted by atomic mass is 32.1. The lowest BCUT2D eigenvalue weighted by Gasteiger charge is -2.10. The first-order valence-electron chi connectivity index (χ1n) is 5.11. The van der Waals surface area contributed by atoms with Crippen LogP contribution in [0.4, 0.5) is 0 Å². The number of ketones is 1. The molecule has 1 atom stereocenters. The van der Waals surface area contributed by atoms with Crippen molar-refractivity contribution in [3.63, 3.8) is 0 Å². The molecule has 2 rings (SSSR count). The van der Waals surface area contributed by atoms with Crippen molar-refractivity contribution < 1.29 is 9.53 Å². The summed E-state index contributed by atoms with van der Waals surface area (Å²) in [5, 5.41) is 3.03. The Kier molecular flexibility index (Phi) is 3.33. The number of Topliss-reactive ketones (excluding diaryl/α,β-unsaturated/α-hetero) is 1. The molecule has 0 bridgehead atoms. The van der Waals surface area contributed by atoms with Gasteiger partial charge in [0.2, 0.25) is 5.78 Å². The molecule has 16 heavy (non-hydrogen) atoms. The minimum atomic E-state index is -0.863. The molecule has 0 radical (unpaired) electrons. The third-order valence-electron chi connectivity index (χ3n) is 2.35. The highest BCUT2D eigenvalue weighted by Crippen LogP contribution is 2.25. The van der Waals surface area contributed by atoms with Crippen molar-refractivity contribution in [2.45, 2.75) is 13.2 Å². The number of nitrogens with two attached hydrogens (primary N) is 1. The third kappa shape index (κ3) is 2.00. The summed E-state index contributed by atoms with van der Waals surface area (Å²) < 4.78 is 6.09. The zero-order valence-corrected chi connectivity index (χ0v) is 9.79. The van der Waals surface area contributed by atoms with Gasteiger partial charge in [-0.3, -0.25) is 10.5 Å². The van der Waals surface area contributed by atoms with Crippen LogP contribution in [0.3, 0.4) is 0 Å². The fourth-order valence-electron chi connectivity index (χ4n) is 1.60. The average molecular weight is 235 g/mol. The Morgan fingerprint density at radius 2 is 2.31 bits per heavy atom. The Morgan fingerprint density at radius 3 is 3.06 bits per heavy atom. The van der Waals surface area contributed by atoms with Crippen LogP contribution in [-0.2, 0) is 4.74 Å². The lowest BCUT2D eigenvalue weighted by Crippen LogP contribution is -2.33. The van der Waals surface area contributed by atoms with Crippen LogP contribution in [0.2, 0.25) is 0 Å². The van der Waals surface area contributed by atoms with E-state index >= 15 is 0 Å². The van der Waals surface area contributed by atoms with Crippen LogP contribution < -0.4 is 5.73 Å². The van der Waals surface area contributed by atoms with Crippen molar-refractivity contribution in [3.05, 3.63) is 35.2 Å². The van der Waals surface area contributed by atoms with Crippen LogP contribution in [0, 0.1) is 0 Å². The standard InChI is InChI=1S/C12H13NO2S/c1-2-15-12(13)10(14)9-5-3-4-8-6-7-16-11(8)9/h3-7,12H,2,13H2,1H3. The van der Waals surface area contributed by atoms with Crippen molar-refractivity contribution in [1.29, 1.82) is 0 Å². The molecule has 0 saturated heterocycles. The predicted octanol–water partition coefficient (Wildman–Crippen LogP) is 2.41. The van der Waals surface area contributed by atoms with E-state index in [1.807, 2.05) is 30.5 Å². The molecule has 84 valence electrons. The van der Waals surface area contributed by atoms with Crippen LogP contribution in [0.5, 0.6) is 0 Å². The van der Waals surface area contributed by atoms with E-state index in [2.05, 4.69) is 0 Å². The number of ether oxygens (including phenoxy) is 1. The van der Waals surface area contributed by atoms with E-state index in [1.165, 1.54) is 0 Å². The highest BCUT2D eigenvalue weighted by Gasteiger charge is 2.18. The fraction of sp³-hybridized carbons (Fsp3) is 0.250. The second-order valence-corrected chi connectivity index (χ2v) is 4.30. The lowest BCUT2D eigenvalue weighted by atomic mass is 10.1. The fourth-order valence-corrected chi connectivity index (χ4v) is 2.51.